The van der Waals surface area contributed by atoms with Gasteiger partial charge < -0.3 is 26.4 Å². The Morgan fingerprint density at radius 3 is 2.43 bits per heavy atom. The molecule has 2 aliphatic heterocycles. The summed E-state index contributed by atoms with van der Waals surface area (Å²) in [5, 5.41) is 3.72. The van der Waals surface area contributed by atoms with E-state index in [1.165, 1.54) is 0 Å². The van der Waals surface area contributed by atoms with E-state index in [0.29, 0.717) is 5.96 Å². The van der Waals surface area contributed by atoms with Gasteiger partial charge in [-0.25, -0.2) is 4.99 Å². The second-order valence-corrected chi connectivity index (χ2v) is 9.84. The zero-order valence-corrected chi connectivity index (χ0v) is 18.6. The van der Waals surface area contributed by atoms with Crippen LogP contribution in [-0.4, -0.2) is 35.1 Å². The molecule has 0 aromatic heterocycles. The molecule has 0 spiro atoms. The van der Waals surface area contributed by atoms with Crippen molar-refractivity contribution >= 4 is 11.6 Å². The molecule has 1 atom stereocenters. The molecular weight excluding hydrogens is 374 g/mol. The second kappa shape index (κ2) is 7.29. The molecule has 4 rings (SSSR count). The predicted molar refractivity (Wildman–Crippen MR) is 123 cm³/mol. The number of piperidine rings is 1. The molecule has 160 valence electrons. The van der Waals surface area contributed by atoms with Crippen LogP contribution >= 0.6 is 0 Å². The highest BCUT2D eigenvalue weighted by atomic mass is 16.5. The fourth-order valence-electron chi connectivity index (χ4n) is 4.91. The van der Waals surface area contributed by atoms with Gasteiger partial charge in [0.25, 0.3) is 0 Å². The third-order valence-corrected chi connectivity index (χ3v) is 6.01. The van der Waals surface area contributed by atoms with E-state index in [1.807, 2.05) is 37.4 Å². The fourth-order valence-corrected chi connectivity index (χ4v) is 4.91. The fraction of sp³-hybridized carbons (Fsp3) is 0.458. The number of guanidine groups is 1. The minimum Gasteiger partial charge on any atom is -0.490 e. The van der Waals surface area contributed by atoms with Crippen LogP contribution < -0.4 is 21.5 Å². The number of hydrogen-bond donors (Lipinski definition) is 3. The zero-order valence-electron chi connectivity index (χ0n) is 18.6. The van der Waals surface area contributed by atoms with E-state index in [4.69, 9.17) is 16.2 Å². The molecule has 6 heteroatoms. The van der Waals surface area contributed by atoms with E-state index >= 15 is 0 Å². The minimum absolute atomic E-state index is 0.0294. The molecule has 2 aliphatic rings. The van der Waals surface area contributed by atoms with Crippen molar-refractivity contribution in [3.05, 3.63) is 48.0 Å². The van der Waals surface area contributed by atoms with Crippen molar-refractivity contribution in [1.82, 2.24) is 10.2 Å². The van der Waals surface area contributed by atoms with Crippen LogP contribution in [-0.2, 0) is 0 Å². The van der Waals surface area contributed by atoms with Crippen LogP contribution in [0, 0.1) is 0 Å². The molecule has 2 aromatic rings. The number of rotatable bonds is 3. The van der Waals surface area contributed by atoms with Crippen molar-refractivity contribution in [2.45, 2.75) is 63.9 Å². The maximum absolute atomic E-state index is 6.58. The lowest BCUT2D eigenvalue weighted by molar-refractivity contribution is 0.0563. The summed E-state index contributed by atoms with van der Waals surface area (Å²) in [6.45, 7) is 8.95. The Balaban J connectivity index is 1.66. The summed E-state index contributed by atoms with van der Waals surface area (Å²) in [6.07, 6.45) is 1.76. The summed E-state index contributed by atoms with van der Waals surface area (Å²) >= 11 is 0. The maximum atomic E-state index is 6.58. The molecule has 5 N–H and O–H groups in total. The molecule has 1 fully saturated rings. The Morgan fingerprint density at radius 2 is 1.73 bits per heavy atom. The van der Waals surface area contributed by atoms with Crippen molar-refractivity contribution in [2.24, 2.45) is 16.5 Å². The summed E-state index contributed by atoms with van der Waals surface area (Å²) in [5.74, 6) is 1.32. The average Bonchev–Trinajstić information content (AvgIpc) is 2.64. The molecule has 0 saturated carbocycles. The summed E-state index contributed by atoms with van der Waals surface area (Å²) in [4.78, 5) is 6.32. The van der Waals surface area contributed by atoms with E-state index in [0.717, 1.165) is 41.0 Å². The highest BCUT2D eigenvalue weighted by Gasteiger charge is 2.39. The van der Waals surface area contributed by atoms with Crippen molar-refractivity contribution in [1.29, 1.82) is 0 Å². The first-order chi connectivity index (χ1) is 14.0. The van der Waals surface area contributed by atoms with Crippen LogP contribution in [0.15, 0.2) is 47.5 Å². The van der Waals surface area contributed by atoms with Gasteiger partial charge in [-0.3, -0.25) is 0 Å². The standard InChI is InChI=1S/C24H33N5O/c1-23(2)13-16(14-24(3,4)28-23)30-20-9-7-6-8-17(20)15-10-11-18-19(12-15)27-22(26)29(5)21(18)25/h6-12,16,21,28H,13-14,25H2,1-5H3,(H2,26,27). The number of para-hydroxylation sites is 1. The van der Waals surface area contributed by atoms with Gasteiger partial charge in [-0.2, -0.15) is 0 Å². The van der Waals surface area contributed by atoms with Crippen LogP contribution in [0.25, 0.3) is 11.1 Å². The van der Waals surface area contributed by atoms with Gasteiger partial charge in [-0.05, 0) is 45.4 Å². The van der Waals surface area contributed by atoms with Crippen LogP contribution in [0.1, 0.15) is 52.3 Å². The van der Waals surface area contributed by atoms with Crippen molar-refractivity contribution in [2.75, 3.05) is 7.05 Å². The minimum atomic E-state index is -0.294. The summed E-state index contributed by atoms with van der Waals surface area (Å²) in [7, 11) is 1.85. The van der Waals surface area contributed by atoms with Gasteiger partial charge >= 0.3 is 0 Å². The Kier molecular flexibility index (Phi) is 5.03. The Labute approximate surface area is 179 Å². The van der Waals surface area contributed by atoms with E-state index in [9.17, 15) is 0 Å². The summed E-state index contributed by atoms with van der Waals surface area (Å²) in [6, 6.07) is 14.4. The van der Waals surface area contributed by atoms with Gasteiger partial charge in [0, 0.05) is 42.1 Å². The zero-order chi connectivity index (χ0) is 21.7. The molecule has 0 radical (unpaired) electrons. The Bertz CT molecular complexity index is 965. The largest absolute Gasteiger partial charge is 0.490 e. The lowest BCUT2D eigenvalue weighted by atomic mass is 9.81. The number of nitrogens with zero attached hydrogens (tertiary/aromatic N) is 2. The first-order valence-electron chi connectivity index (χ1n) is 10.6. The Hall–Kier alpha value is -2.57. The number of fused-ring (bicyclic) bond motifs is 1. The van der Waals surface area contributed by atoms with Crippen LogP contribution in [0.5, 0.6) is 5.75 Å². The van der Waals surface area contributed by atoms with Gasteiger partial charge in [0.05, 0.1) is 5.69 Å². The molecule has 2 heterocycles. The van der Waals surface area contributed by atoms with Gasteiger partial charge in [-0.15, -0.1) is 0 Å². The topological polar surface area (TPSA) is 88.9 Å². The SMILES string of the molecule is CN1C(N)=Nc2cc(-c3ccccc3OC3CC(C)(C)NC(C)(C)C3)ccc2C1N. The van der Waals surface area contributed by atoms with E-state index in [-0.39, 0.29) is 23.3 Å². The quantitative estimate of drug-likeness (QED) is 0.718. The van der Waals surface area contributed by atoms with Crippen LogP contribution in [0.2, 0.25) is 0 Å². The van der Waals surface area contributed by atoms with Crippen molar-refractivity contribution in [3.8, 4) is 16.9 Å². The van der Waals surface area contributed by atoms with Crippen molar-refractivity contribution in [3.63, 3.8) is 0 Å². The predicted octanol–water partition coefficient (Wildman–Crippen LogP) is 3.89. The molecule has 0 aliphatic carbocycles. The monoisotopic (exact) mass is 407 g/mol. The first kappa shape index (κ1) is 20.7. The van der Waals surface area contributed by atoms with Crippen LogP contribution in [0.3, 0.4) is 0 Å². The summed E-state index contributed by atoms with van der Waals surface area (Å²) in [5.41, 5.74) is 16.3. The number of benzene rings is 2. The number of hydrogen-bond acceptors (Lipinski definition) is 6. The first-order valence-corrected chi connectivity index (χ1v) is 10.6. The molecule has 2 aromatic carbocycles. The second-order valence-electron chi connectivity index (χ2n) is 9.84. The normalized spacial score (nSPS) is 22.9. The lowest BCUT2D eigenvalue weighted by Crippen LogP contribution is -2.60. The molecule has 0 bridgehead atoms. The molecule has 6 nitrogen and oxygen atoms in total. The van der Waals surface area contributed by atoms with E-state index < -0.39 is 0 Å². The highest BCUT2D eigenvalue weighted by Crippen LogP contribution is 2.39. The average molecular weight is 408 g/mol. The lowest BCUT2D eigenvalue weighted by Gasteiger charge is -2.46. The Morgan fingerprint density at radius 1 is 1.07 bits per heavy atom. The number of aliphatic imine (C=N–C) groups is 1. The van der Waals surface area contributed by atoms with Crippen molar-refractivity contribution < 1.29 is 4.74 Å². The smallest absolute Gasteiger partial charge is 0.197 e. The third kappa shape index (κ3) is 4.02. The highest BCUT2D eigenvalue weighted by molar-refractivity contribution is 5.85. The van der Waals surface area contributed by atoms with Gasteiger partial charge in [0.2, 0.25) is 0 Å². The third-order valence-electron chi connectivity index (χ3n) is 6.01. The number of nitrogens with two attached hydrogens (primary N) is 2. The molecule has 30 heavy (non-hydrogen) atoms. The molecular formula is C24H33N5O. The summed E-state index contributed by atoms with van der Waals surface area (Å²) < 4.78 is 6.58. The molecule has 1 unspecified atom stereocenters. The molecule has 1 saturated heterocycles. The molecule has 0 amide bonds. The van der Waals surface area contributed by atoms with Crippen LogP contribution in [0.4, 0.5) is 5.69 Å². The van der Waals surface area contributed by atoms with Gasteiger partial charge in [-0.1, -0.05) is 30.3 Å². The van der Waals surface area contributed by atoms with E-state index in [2.05, 4.69) is 50.1 Å². The maximum Gasteiger partial charge on any atom is 0.197 e. The number of nitrogens with one attached hydrogen (secondary N) is 1. The van der Waals surface area contributed by atoms with E-state index in [1.54, 1.807) is 4.90 Å². The number of ether oxygens (including phenoxy) is 1. The van der Waals surface area contributed by atoms with Gasteiger partial charge in [0.15, 0.2) is 5.96 Å². The van der Waals surface area contributed by atoms with Gasteiger partial charge in [0.1, 0.15) is 18.0 Å².